The van der Waals surface area contributed by atoms with Crippen molar-refractivity contribution in [3.63, 3.8) is 0 Å². The molecule has 0 aliphatic carbocycles. The summed E-state index contributed by atoms with van der Waals surface area (Å²) >= 11 is 0. The predicted octanol–water partition coefficient (Wildman–Crippen LogP) is 6.89. The SMILES string of the molecule is Nc1ccc(CCCCOC(=O)/C=C/c2ccc(OC(F)(F)c3ccc(OCCC(F)(F)F)cc3)cc2)c(N)c1. The minimum atomic E-state index is -4.37. The highest BCUT2D eigenvalue weighted by Gasteiger charge is 2.34. The van der Waals surface area contributed by atoms with Gasteiger partial charge in [-0.05, 0) is 85.0 Å². The second-order valence-electron chi connectivity index (χ2n) is 8.84. The maximum absolute atomic E-state index is 14.5. The highest BCUT2D eigenvalue weighted by atomic mass is 19.4. The van der Waals surface area contributed by atoms with Crippen molar-refractivity contribution < 1.29 is 41.0 Å². The van der Waals surface area contributed by atoms with E-state index >= 15 is 0 Å². The fourth-order valence-electron chi connectivity index (χ4n) is 3.53. The van der Waals surface area contributed by atoms with E-state index in [0.717, 1.165) is 42.7 Å². The first-order chi connectivity index (χ1) is 18.9. The van der Waals surface area contributed by atoms with Crippen LogP contribution in [-0.4, -0.2) is 25.4 Å². The number of rotatable bonds is 13. The van der Waals surface area contributed by atoms with Crippen LogP contribution in [0.1, 0.15) is 36.0 Å². The van der Waals surface area contributed by atoms with Crippen LogP contribution < -0.4 is 20.9 Å². The Hall–Kier alpha value is -4.28. The van der Waals surface area contributed by atoms with Gasteiger partial charge in [-0.1, -0.05) is 18.2 Å². The predicted molar refractivity (Wildman–Crippen MR) is 142 cm³/mol. The number of anilines is 2. The maximum Gasteiger partial charge on any atom is 0.426 e. The normalized spacial score (nSPS) is 11.9. The third kappa shape index (κ3) is 10.1. The van der Waals surface area contributed by atoms with Gasteiger partial charge in [0.25, 0.3) is 0 Å². The zero-order chi connectivity index (χ0) is 29.2. The fraction of sp³-hybridized carbons (Fsp3) is 0.276. The molecule has 0 atom stereocenters. The van der Waals surface area contributed by atoms with Gasteiger partial charge in [0.05, 0.1) is 25.2 Å². The Bertz CT molecular complexity index is 1280. The van der Waals surface area contributed by atoms with Crippen molar-refractivity contribution in [2.75, 3.05) is 24.7 Å². The summed E-state index contributed by atoms with van der Waals surface area (Å²) in [6.07, 6.45) is -4.34. The molecule has 0 saturated heterocycles. The highest BCUT2D eigenvalue weighted by Crippen LogP contribution is 2.33. The monoisotopic (exact) mass is 564 g/mol. The molecule has 0 spiro atoms. The van der Waals surface area contributed by atoms with Crippen molar-refractivity contribution in [3.05, 3.63) is 89.5 Å². The Morgan fingerprint density at radius 1 is 0.825 bits per heavy atom. The fourth-order valence-corrected chi connectivity index (χ4v) is 3.53. The number of esters is 1. The number of halogens is 5. The molecule has 0 unspecified atom stereocenters. The summed E-state index contributed by atoms with van der Waals surface area (Å²) in [5, 5.41) is 0. The number of alkyl halides is 5. The van der Waals surface area contributed by atoms with Gasteiger partial charge >= 0.3 is 18.3 Å². The standard InChI is InChI=1S/C29H29F5N2O4/c30-28(31,32)16-18-38-24-13-8-22(9-14-24)29(33,34)40-25-11-4-20(5-12-25)6-15-27(37)39-17-2-1-3-21-7-10-23(35)19-26(21)36/h4-15,19H,1-3,16-18,35-36H2/b15-6+. The van der Waals surface area contributed by atoms with Crippen LogP contribution in [0.3, 0.4) is 0 Å². The molecular formula is C29H29F5N2O4. The van der Waals surface area contributed by atoms with Gasteiger partial charge in [-0.2, -0.15) is 22.0 Å². The molecule has 3 aromatic carbocycles. The molecule has 0 heterocycles. The topological polar surface area (TPSA) is 96.8 Å². The lowest BCUT2D eigenvalue weighted by molar-refractivity contribution is -0.185. The van der Waals surface area contributed by atoms with Gasteiger partial charge in [-0.25, -0.2) is 4.79 Å². The molecule has 6 nitrogen and oxygen atoms in total. The van der Waals surface area contributed by atoms with Crippen molar-refractivity contribution in [3.8, 4) is 11.5 Å². The minimum Gasteiger partial charge on any atom is -0.493 e. The first-order valence-corrected chi connectivity index (χ1v) is 12.4. The van der Waals surface area contributed by atoms with Crippen molar-refractivity contribution in [1.29, 1.82) is 0 Å². The molecule has 0 aromatic heterocycles. The largest absolute Gasteiger partial charge is 0.493 e. The van der Waals surface area contributed by atoms with E-state index in [-0.39, 0.29) is 18.1 Å². The summed E-state index contributed by atoms with van der Waals surface area (Å²) in [5.74, 6) is -0.636. The molecular weight excluding hydrogens is 535 g/mol. The maximum atomic E-state index is 14.5. The number of aryl methyl sites for hydroxylation is 1. The van der Waals surface area contributed by atoms with Crippen LogP contribution in [0, 0.1) is 0 Å². The summed E-state index contributed by atoms with van der Waals surface area (Å²) in [4.78, 5) is 12.0. The first kappa shape index (κ1) is 30.3. The number of benzene rings is 3. The number of nitrogen functional groups attached to an aromatic ring is 2. The van der Waals surface area contributed by atoms with Crippen LogP contribution in [0.15, 0.2) is 72.8 Å². The molecule has 0 aliphatic heterocycles. The number of carbonyl (C=O) groups is 1. The lowest BCUT2D eigenvalue weighted by Gasteiger charge is -2.18. The lowest BCUT2D eigenvalue weighted by atomic mass is 10.1. The molecule has 0 radical (unpaired) electrons. The first-order valence-electron chi connectivity index (χ1n) is 12.4. The van der Waals surface area contributed by atoms with Gasteiger partial charge in [0.2, 0.25) is 0 Å². The van der Waals surface area contributed by atoms with Gasteiger partial charge < -0.3 is 25.7 Å². The molecule has 4 N–H and O–H groups in total. The van der Waals surface area contributed by atoms with Gasteiger partial charge in [0.1, 0.15) is 11.5 Å². The second-order valence-corrected chi connectivity index (χ2v) is 8.84. The molecule has 0 amide bonds. The zero-order valence-electron chi connectivity index (χ0n) is 21.4. The molecule has 11 heteroatoms. The van der Waals surface area contributed by atoms with E-state index in [1.807, 2.05) is 6.07 Å². The Labute approximate surface area is 228 Å². The van der Waals surface area contributed by atoms with E-state index in [0.29, 0.717) is 23.4 Å². The number of unbranched alkanes of at least 4 members (excludes halogenated alkanes) is 1. The average Bonchev–Trinajstić information content (AvgIpc) is 2.88. The molecule has 40 heavy (non-hydrogen) atoms. The number of ether oxygens (including phenoxy) is 3. The van der Waals surface area contributed by atoms with Crippen molar-refractivity contribution >= 4 is 23.4 Å². The van der Waals surface area contributed by atoms with Crippen LogP contribution in [0.25, 0.3) is 6.08 Å². The number of nitrogens with two attached hydrogens (primary N) is 2. The van der Waals surface area contributed by atoms with Gasteiger partial charge in [-0.3, -0.25) is 0 Å². The third-order valence-corrected chi connectivity index (χ3v) is 5.64. The summed E-state index contributed by atoms with van der Waals surface area (Å²) in [5.41, 5.74) is 13.9. The van der Waals surface area contributed by atoms with Gasteiger partial charge in [0, 0.05) is 17.5 Å². The van der Waals surface area contributed by atoms with E-state index in [4.69, 9.17) is 25.7 Å². The van der Waals surface area contributed by atoms with E-state index in [2.05, 4.69) is 0 Å². The van der Waals surface area contributed by atoms with E-state index in [1.165, 1.54) is 36.4 Å². The Balaban J connectivity index is 1.41. The molecule has 0 fully saturated rings. The summed E-state index contributed by atoms with van der Waals surface area (Å²) in [6.45, 7) is -0.379. The molecule has 214 valence electrons. The van der Waals surface area contributed by atoms with Crippen LogP contribution in [0.2, 0.25) is 0 Å². The van der Waals surface area contributed by atoms with Crippen molar-refractivity contribution in [2.24, 2.45) is 0 Å². The van der Waals surface area contributed by atoms with E-state index in [9.17, 15) is 26.7 Å². The molecule has 0 aliphatic rings. The summed E-state index contributed by atoms with van der Waals surface area (Å²) in [7, 11) is 0. The Morgan fingerprint density at radius 2 is 1.50 bits per heavy atom. The van der Waals surface area contributed by atoms with Crippen molar-refractivity contribution in [2.45, 2.75) is 38.0 Å². The number of hydrogen-bond acceptors (Lipinski definition) is 6. The molecule has 0 bridgehead atoms. The number of hydrogen-bond donors (Lipinski definition) is 2. The summed E-state index contributed by atoms with van der Waals surface area (Å²) < 4.78 is 80.6. The smallest absolute Gasteiger partial charge is 0.426 e. The number of carbonyl (C=O) groups excluding carboxylic acids is 1. The molecule has 3 rings (SSSR count). The third-order valence-electron chi connectivity index (χ3n) is 5.64. The average molecular weight is 565 g/mol. The van der Waals surface area contributed by atoms with Crippen LogP contribution in [0.4, 0.5) is 33.3 Å². The summed E-state index contributed by atoms with van der Waals surface area (Å²) in [6, 6.07) is 15.3. The molecule has 0 saturated carbocycles. The van der Waals surface area contributed by atoms with Crippen LogP contribution in [-0.2, 0) is 22.1 Å². The lowest BCUT2D eigenvalue weighted by Crippen LogP contribution is -2.21. The van der Waals surface area contributed by atoms with Crippen LogP contribution in [0.5, 0.6) is 11.5 Å². The van der Waals surface area contributed by atoms with E-state index in [1.54, 1.807) is 12.1 Å². The van der Waals surface area contributed by atoms with Crippen molar-refractivity contribution in [1.82, 2.24) is 0 Å². The van der Waals surface area contributed by atoms with Crippen LogP contribution >= 0.6 is 0 Å². The van der Waals surface area contributed by atoms with E-state index < -0.39 is 36.8 Å². The molecule has 3 aromatic rings. The quantitative estimate of drug-likeness (QED) is 0.0772. The Kier molecular flexibility index (Phi) is 10.4. The highest BCUT2D eigenvalue weighted by molar-refractivity contribution is 5.87. The minimum absolute atomic E-state index is 0.0295. The zero-order valence-corrected chi connectivity index (χ0v) is 21.4. The van der Waals surface area contributed by atoms with Gasteiger partial charge in [-0.15, -0.1) is 0 Å². The Morgan fingerprint density at radius 3 is 2.15 bits per heavy atom. The second kappa shape index (κ2) is 13.7. The van der Waals surface area contributed by atoms with Gasteiger partial charge in [0.15, 0.2) is 0 Å².